The van der Waals surface area contributed by atoms with Gasteiger partial charge in [-0.2, -0.15) is 0 Å². The Bertz CT molecular complexity index is 196. The number of aliphatic hydroxyl groups excluding tert-OH is 1. The highest BCUT2D eigenvalue weighted by atomic mass is 16.3. The van der Waals surface area contributed by atoms with Crippen molar-refractivity contribution in [3.8, 4) is 0 Å². The quantitative estimate of drug-likeness (QED) is 0.685. The topological polar surface area (TPSA) is 20.2 Å². The molecule has 88 valence electrons. The van der Waals surface area contributed by atoms with Crippen LogP contribution in [-0.4, -0.2) is 11.2 Å². The summed E-state index contributed by atoms with van der Waals surface area (Å²) in [5.74, 6) is 1.90. The Morgan fingerprint density at radius 1 is 1.20 bits per heavy atom. The molecule has 1 heteroatoms. The molecule has 3 atom stereocenters. The normalized spacial score (nSPS) is 28.3. The van der Waals surface area contributed by atoms with Crippen LogP contribution in [0.3, 0.4) is 0 Å². The van der Waals surface area contributed by atoms with E-state index < -0.39 is 0 Å². The summed E-state index contributed by atoms with van der Waals surface area (Å²) in [6.07, 6.45) is 10.2. The van der Waals surface area contributed by atoms with Gasteiger partial charge in [-0.25, -0.2) is 0 Å². The molecule has 3 unspecified atom stereocenters. The van der Waals surface area contributed by atoms with Crippen LogP contribution in [0.25, 0.3) is 0 Å². The lowest BCUT2D eigenvalue weighted by molar-refractivity contribution is 0.107. The monoisotopic (exact) mass is 210 g/mol. The van der Waals surface area contributed by atoms with Crippen molar-refractivity contribution in [2.24, 2.45) is 17.8 Å². The molecule has 0 spiro atoms. The molecule has 1 N–H and O–H groups in total. The van der Waals surface area contributed by atoms with Gasteiger partial charge in [-0.15, -0.1) is 0 Å². The number of aliphatic hydroxyl groups is 1. The largest absolute Gasteiger partial charge is 0.393 e. The molecule has 1 nitrogen and oxygen atoms in total. The van der Waals surface area contributed by atoms with Crippen molar-refractivity contribution >= 4 is 0 Å². The Balaban J connectivity index is 2.22. The first kappa shape index (κ1) is 12.8. The average molecular weight is 210 g/mol. The summed E-state index contributed by atoms with van der Waals surface area (Å²) in [4.78, 5) is 0. The molecule has 0 aromatic carbocycles. The summed E-state index contributed by atoms with van der Waals surface area (Å²) in [5, 5.41) is 10.0. The minimum Gasteiger partial charge on any atom is -0.393 e. The Hall–Kier alpha value is -0.300. The second-order valence-corrected chi connectivity index (χ2v) is 5.50. The fraction of sp³-hybridized carbons (Fsp3) is 0.857. The second kappa shape index (κ2) is 6.32. The van der Waals surface area contributed by atoms with Gasteiger partial charge < -0.3 is 5.11 Å². The van der Waals surface area contributed by atoms with Crippen molar-refractivity contribution in [2.45, 2.75) is 59.0 Å². The summed E-state index contributed by atoms with van der Waals surface area (Å²) in [7, 11) is 0. The predicted molar refractivity (Wildman–Crippen MR) is 65.7 cm³/mol. The first-order valence-corrected chi connectivity index (χ1v) is 6.46. The summed E-state index contributed by atoms with van der Waals surface area (Å²) in [6, 6.07) is 0. The van der Waals surface area contributed by atoms with E-state index in [2.05, 4.69) is 32.9 Å². The highest BCUT2D eigenvalue weighted by Crippen LogP contribution is 2.26. The minimum absolute atomic E-state index is 0.104. The number of allylic oxidation sites excluding steroid dienone is 1. The Labute approximate surface area is 94.6 Å². The minimum atomic E-state index is -0.104. The van der Waals surface area contributed by atoms with Gasteiger partial charge in [0, 0.05) is 5.92 Å². The van der Waals surface area contributed by atoms with Crippen LogP contribution in [-0.2, 0) is 0 Å². The molecule has 0 amide bonds. The van der Waals surface area contributed by atoms with Crippen LogP contribution in [0.1, 0.15) is 52.9 Å². The average Bonchev–Trinajstić information content (AvgIpc) is 2.18. The number of hydrogen-bond donors (Lipinski definition) is 1. The van der Waals surface area contributed by atoms with E-state index in [-0.39, 0.29) is 6.10 Å². The van der Waals surface area contributed by atoms with E-state index in [9.17, 15) is 5.11 Å². The molecule has 0 saturated heterocycles. The highest BCUT2D eigenvalue weighted by molar-refractivity contribution is 4.98. The molecular formula is C14H26O. The standard InChI is InChI=1S/C14H26O/c1-11(2)5-4-6-14(15)13-9-7-12(3)8-10-13/h7,9,11-15H,4-6,8,10H2,1-3H3. The molecule has 1 aliphatic rings. The highest BCUT2D eigenvalue weighted by Gasteiger charge is 2.19. The Kier molecular flexibility index (Phi) is 5.38. The van der Waals surface area contributed by atoms with E-state index in [4.69, 9.17) is 0 Å². The smallest absolute Gasteiger partial charge is 0.0602 e. The molecular weight excluding hydrogens is 184 g/mol. The molecule has 15 heavy (non-hydrogen) atoms. The molecule has 0 aliphatic heterocycles. The van der Waals surface area contributed by atoms with Crippen molar-refractivity contribution in [1.82, 2.24) is 0 Å². The molecule has 0 saturated carbocycles. The van der Waals surface area contributed by atoms with Crippen molar-refractivity contribution in [1.29, 1.82) is 0 Å². The Morgan fingerprint density at radius 3 is 2.47 bits per heavy atom. The molecule has 0 aromatic heterocycles. The molecule has 0 bridgehead atoms. The fourth-order valence-electron chi connectivity index (χ4n) is 2.25. The third kappa shape index (κ3) is 4.83. The lowest BCUT2D eigenvalue weighted by atomic mass is 9.84. The lowest BCUT2D eigenvalue weighted by Gasteiger charge is -2.25. The van der Waals surface area contributed by atoms with E-state index in [0.717, 1.165) is 12.3 Å². The van der Waals surface area contributed by atoms with Crippen LogP contribution in [0.2, 0.25) is 0 Å². The van der Waals surface area contributed by atoms with Gasteiger partial charge in [0.25, 0.3) is 0 Å². The van der Waals surface area contributed by atoms with Crippen LogP contribution >= 0.6 is 0 Å². The van der Waals surface area contributed by atoms with Gasteiger partial charge in [-0.3, -0.25) is 0 Å². The zero-order valence-corrected chi connectivity index (χ0v) is 10.4. The summed E-state index contributed by atoms with van der Waals surface area (Å²) < 4.78 is 0. The molecule has 0 aromatic rings. The lowest BCUT2D eigenvalue weighted by Crippen LogP contribution is -2.21. The molecule has 0 heterocycles. The maximum Gasteiger partial charge on any atom is 0.0602 e. The van der Waals surface area contributed by atoms with Crippen LogP contribution in [0.4, 0.5) is 0 Å². The summed E-state index contributed by atoms with van der Waals surface area (Å²) >= 11 is 0. The van der Waals surface area contributed by atoms with Gasteiger partial charge >= 0.3 is 0 Å². The number of hydrogen-bond acceptors (Lipinski definition) is 1. The molecule has 1 aliphatic carbocycles. The van der Waals surface area contributed by atoms with Crippen molar-refractivity contribution < 1.29 is 5.11 Å². The van der Waals surface area contributed by atoms with E-state index in [1.165, 1.54) is 25.7 Å². The van der Waals surface area contributed by atoms with Gasteiger partial charge in [-0.1, -0.05) is 45.8 Å². The van der Waals surface area contributed by atoms with E-state index in [1.54, 1.807) is 0 Å². The SMILES string of the molecule is CC(C)CCCC(O)C1C=CC(C)CC1. The van der Waals surface area contributed by atoms with Crippen LogP contribution in [0, 0.1) is 17.8 Å². The van der Waals surface area contributed by atoms with Crippen LogP contribution < -0.4 is 0 Å². The van der Waals surface area contributed by atoms with Gasteiger partial charge in [0.2, 0.25) is 0 Å². The van der Waals surface area contributed by atoms with Gasteiger partial charge in [0.15, 0.2) is 0 Å². The van der Waals surface area contributed by atoms with Gasteiger partial charge in [0.05, 0.1) is 6.10 Å². The fourth-order valence-corrected chi connectivity index (χ4v) is 2.25. The maximum absolute atomic E-state index is 10.0. The summed E-state index contributed by atoms with van der Waals surface area (Å²) in [6.45, 7) is 6.74. The zero-order chi connectivity index (χ0) is 11.3. The maximum atomic E-state index is 10.0. The first-order chi connectivity index (χ1) is 7.09. The van der Waals surface area contributed by atoms with Gasteiger partial charge in [-0.05, 0) is 31.1 Å². The van der Waals surface area contributed by atoms with E-state index >= 15 is 0 Å². The van der Waals surface area contributed by atoms with E-state index in [1.807, 2.05) is 0 Å². The molecule has 0 fully saturated rings. The zero-order valence-electron chi connectivity index (χ0n) is 10.4. The number of rotatable bonds is 5. The van der Waals surface area contributed by atoms with Crippen molar-refractivity contribution in [3.05, 3.63) is 12.2 Å². The van der Waals surface area contributed by atoms with Crippen molar-refractivity contribution in [2.75, 3.05) is 0 Å². The second-order valence-electron chi connectivity index (χ2n) is 5.50. The molecule has 0 radical (unpaired) electrons. The summed E-state index contributed by atoms with van der Waals surface area (Å²) in [5.41, 5.74) is 0. The third-order valence-corrected chi connectivity index (χ3v) is 3.42. The first-order valence-electron chi connectivity index (χ1n) is 6.46. The van der Waals surface area contributed by atoms with Crippen LogP contribution in [0.5, 0.6) is 0 Å². The predicted octanol–water partition coefficient (Wildman–Crippen LogP) is 3.78. The van der Waals surface area contributed by atoms with Gasteiger partial charge in [0.1, 0.15) is 0 Å². The molecule has 1 rings (SSSR count). The van der Waals surface area contributed by atoms with Crippen LogP contribution in [0.15, 0.2) is 12.2 Å². The Morgan fingerprint density at radius 2 is 1.93 bits per heavy atom. The third-order valence-electron chi connectivity index (χ3n) is 3.42. The van der Waals surface area contributed by atoms with Crippen molar-refractivity contribution in [3.63, 3.8) is 0 Å². The van der Waals surface area contributed by atoms with E-state index in [0.29, 0.717) is 11.8 Å².